The molecule has 0 saturated heterocycles. The molecule has 2 N–H and O–H groups in total. The van der Waals surface area contributed by atoms with Gasteiger partial charge < -0.3 is 14.8 Å². The molecule has 0 fully saturated rings. The number of imidazole rings is 1. The fourth-order valence-corrected chi connectivity index (χ4v) is 5.24. The molecule has 1 aliphatic rings. The average molecular weight is 542 g/mol. The highest BCUT2D eigenvalue weighted by molar-refractivity contribution is 6.30. The number of halogens is 2. The van der Waals surface area contributed by atoms with Gasteiger partial charge in [-0.1, -0.05) is 65.7 Å². The summed E-state index contributed by atoms with van der Waals surface area (Å²) in [7, 11) is 0. The molecule has 2 heterocycles. The zero-order valence-electron chi connectivity index (χ0n) is 20.0. The summed E-state index contributed by atoms with van der Waals surface area (Å²) in [5.41, 5.74) is 4.92. The molecule has 5 aromatic rings. The molecule has 6 nitrogen and oxygen atoms in total. The van der Waals surface area contributed by atoms with E-state index >= 15 is 0 Å². The predicted octanol–water partition coefficient (Wildman–Crippen LogP) is 6.33. The normalized spacial score (nSPS) is 16.4. The summed E-state index contributed by atoms with van der Waals surface area (Å²) in [6.07, 6.45) is 3.86. The van der Waals surface area contributed by atoms with Crippen LogP contribution in [0.1, 0.15) is 21.6 Å². The zero-order chi connectivity index (χ0) is 26.4. The fourth-order valence-electron chi connectivity index (χ4n) is 4.99. The van der Waals surface area contributed by atoms with Gasteiger partial charge in [-0.3, -0.25) is 4.79 Å². The molecule has 8 heteroatoms. The van der Waals surface area contributed by atoms with Crippen molar-refractivity contribution >= 4 is 40.7 Å². The van der Waals surface area contributed by atoms with Crippen molar-refractivity contribution in [2.45, 2.75) is 18.4 Å². The minimum Gasteiger partial charge on any atom is -0.479 e. The lowest BCUT2D eigenvalue weighted by molar-refractivity contribution is -0.144. The number of rotatable bonds is 5. The lowest BCUT2D eigenvalue weighted by Gasteiger charge is -2.25. The van der Waals surface area contributed by atoms with E-state index in [-0.39, 0.29) is 18.5 Å². The first-order valence-electron chi connectivity index (χ1n) is 12.0. The summed E-state index contributed by atoms with van der Waals surface area (Å²) in [5, 5.41) is 14.3. The number of carboxylic acids is 1. The van der Waals surface area contributed by atoms with E-state index in [0.717, 1.165) is 33.4 Å². The summed E-state index contributed by atoms with van der Waals surface area (Å²) in [4.78, 5) is 30.2. The molecule has 0 aliphatic heterocycles. The van der Waals surface area contributed by atoms with Gasteiger partial charge >= 0.3 is 5.97 Å². The Hall–Kier alpha value is -4.13. The Bertz CT molecular complexity index is 1710. The smallest absolute Gasteiger partial charge is 0.330 e. The third kappa shape index (κ3) is 4.42. The first kappa shape index (κ1) is 24.2. The number of aromatic nitrogens is 2. The number of carbonyl (C=O) groups excluding carboxylic acids is 1. The number of hydrogen-bond acceptors (Lipinski definition) is 3. The van der Waals surface area contributed by atoms with Crippen LogP contribution in [0.3, 0.4) is 0 Å². The number of hydrogen-bond donors (Lipinski definition) is 2. The van der Waals surface area contributed by atoms with Crippen molar-refractivity contribution in [1.82, 2.24) is 14.7 Å². The van der Waals surface area contributed by atoms with E-state index in [1.54, 1.807) is 10.6 Å². The van der Waals surface area contributed by atoms with E-state index in [2.05, 4.69) is 10.3 Å². The van der Waals surface area contributed by atoms with Crippen LogP contribution in [0.2, 0.25) is 10.0 Å². The summed E-state index contributed by atoms with van der Waals surface area (Å²) >= 11 is 12.0. The Labute approximate surface area is 228 Å². The van der Waals surface area contributed by atoms with Crippen LogP contribution in [0.15, 0.2) is 91.3 Å². The molecule has 3 aromatic carbocycles. The molecule has 6 rings (SSSR count). The molecule has 1 atom stereocenters. The van der Waals surface area contributed by atoms with Gasteiger partial charge in [-0.15, -0.1) is 0 Å². The number of fused-ring (bicyclic) bond motifs is 2. The molecule has 0 radical (unpaired) electrons. The number of nitrogens with zero attached hydrogens (tertiary/aromatic N) is 2. The summed E-state index contributed by atoms with van der Waals surface area (Å²) < 4.78 is 1.76. The van der Waals surface area contributed by atoms with Gasteiger partial charge in [-0.2, -0.15) is 0 Å². The summed E-state index contributed by atoms with van der Waals surface area (Å²) in [6.45, 7) is 0. The first-order valence-corrected chi connectivity index (χ1v) is 12.7. The Morgan fingerprint density at radius 3 is 2.00 bits per heavy atom. The summed E-state index contributed by atoms with van der Waals surface area (Å²) in [5.74, 6) is -1.61. The number of benzene rings is 3. The monoisotopic (exact) mass is 541 g/mol. The topological polar surface area (TPSA) is 83.7 Å². The van der Waals surface area contributed by atoms with Crippen LogP contribution in [0, 0.1) is 0 Å². The number of carboxylic acid groups (broad SMARTS) is 1. The highest BCUT2D eigenvalue weighted by Crippen LogP contribution is 2.34. The van der Waals surface area contributed by atoms with Gasteiger partial charge in [0, 0.05) is 35.3 Å². The lowest BCUT2D eigenvalue weighted by atomic mass is 9.95. The van der Waals surface area contributed by atoms with Crippen molar-refractivity contribution in [2.75, 3.05) is 0 Å². The van der Waals surface area contributed by atoms with Crippen LogP contribution in [0.25, 0.3) is 27.9 Å². The van der Waals surface area contributed by atoms with Crippen molar-refractivity contribution in [1.29, 1.82) is 0 Å². The van der Waals surface area contributed by atoms with Gasteiger partial charge in [0.1, 0.15) is 16.9 Å². The number of aliphatic carboxylic acids is 1. The van der Waals surface area contributed by atoms with Crippen molar-refractivity contribution in [3.63, 3.8) is 0 Å². The lowest BCUT2D eigenvalue weighted by Crippen LogP contribution is -2.55. The van der Waals surface area contributed by atoms with Gasteiger partial charge in [0.2, 0.25) is 0 Å². The van der Waals surface area contributed by atoms with Crippen molar-refractivity contribution in [3.8, 4) is 22.3 Å². The Morgan fingerprint density at radius 1 is 0.763 bits per heavy atom. The number of carbonyl (C=O) groups is 2. The third-order valence-electron chi connectivity index (χ3n) is 6.99. The maximum atomic E-state index is 13.3. The molecule has 2 aromatic heterocycles. The molecule has 1 amide bonds. The van der Waals surface area contributed by atoms with Crippen LogP contribution in [0.4, 0.5) is 0 Å². The van der Waals surface area contributed by atoms with E-state index in [9.17, 15) is 14.7 Å². The summed E-state index contributed by atoms with van der Waals surface area (Å²) in [6, 6.07) is 24.6. The molecule has 0 bridgehead atoms. The van der Waals surface area contributed by atoms with Gasteiger partial charge in [0.25, 0.3) is 5.91 Å². The van der Waals surface area contributed by atoms with E-state index < -0.39 is 17.4 Å². The largest absolute Gasteiger partial charge is 0.479 e. The number of pyridine rings is 1. The second kappa shape index (κ2) is 9.31. The van der Waals surface area contributed by atoms with Crippen LogP contribution in [-0.4, -0.2) is 31.9 Å². The average Bonchev–Trinajstić information content (AvgIpc) is 3.51. The van der Waals surface area contributed by atoms with Crippen LogP contribution >= 0.6 is 23.2 Å². The quantitative estimate of drug-likeness (QED) is 0.272. The maximum absolute atomic E-state index is 13.3. The van der Waals surface area contributed by atoms with Crippen molar-refractivity contribution in [3.05, 3.63) is 118 Å². The highest BCUT2D eigenvalue weighted by Gasteiger charge is 2.46. The first-order chi connectivity index (χ1) is 18.3. The second-order valence-corrected chi connectivity index (χ2v) is 10.4. The minimum atomic E-state index is -1.46. The molecular weight excluding hydrogens is 521 g/mol. The van der Waals surface area contributed by atoms with E-state index in [4.69, 9.17) is 23.2 Å². The van der Waals surface area contributed by atoms with E-state index in [1.165, 1.54) is 0 Å². The Morgan fingerprint density at radius 2 is 1.34 bits per heavy atom. The Balaban J connectivity index is 1.26. The molecular formula is C30H21Cl2N3O3. The van der Waals surface area contributed by atoms with Crippen LogP contribution in [0.5, 0.6) is 0 Å². The van der Waals surface area contributed by atoms with Gasteiger partial charge in [-0.25, -0.2) is 9.78 Å². The molecule has 38 heavy (non-hydrogen) atoms. The van der Waals surface area contributed by atoms with E-state index in [1.807, 2.05) is 85.1 Å². The highest BCUT2D eigenvalue weighted by atomic mass is 35.5. The third-order valence-corrected chi connectivity index (χ3v) is 7.50. The number of amides is 1. The fraction of sp³-hybridized carbons (Fsp3) is 0.100. The SMILES string of the molecule is O=C(NC1(C(=O)O)Cc2ccc(-c3ccc(Cl)cc3)cc2C1)c1cn2cc(-c3ccc(Cl)cc3)ccc2n1. The van der Waals surface area contributed by atoms with Crippen molar-refractivity contribution < 1.29 is 14.7 Å². The van der Waals surface area contributed by atoms with Crippen molar-refractivity contribution in [2.24, 2.45) is 0 Å². The zero-order valence-corrected chi connectivity index (χ0v) is 21.5. The molecule has 1 aliphatic carbocycles. The second-order valence-electron chi connectivity index (χ2n) is 9.50. The molecule has 0 spiro atoms. The minimum absolute atomic E-state index is 0.150. The molecule has 0 saturated carbocycles. The van der Waals surface area contributed by atoms with Crippen LogP contribution in [-0.2, 0) is 17.6 Å². The van der Waals surface area contributed by atoms with E-state index in [0.29, 0.717) is 15.7 Å². The Kier molecular flexibility index (Phi) is 5.94. The van der Waals surface area contributed by atoms with Gasteiger partial charge in [-0.05, 0) is 69.8 Å². The standard InChI is InChI=1S/C30H21Cl2N3O3/c31-24-8-3-18(4-9-24)20-1-2-21-14-30(29(37)38,15-23(21)13-20)34-28(36)26-17-35-16-22(7-12-27(35)33-26)19-5-10-25(32)11-6-19/h1-13,16-17H,14-15H2,(H,34,36)(H,37,38). The van der Waals surface area contributed by atoms with Gasteiger partial charge in [0.15, 0.2) is 0 Å². The van der Waals surface area contributed by atoms with Gasteiger partial charge in [0.05, 0.1) is 0 Å². The number of nitrogens with one attached hydrogen (secondary N) is 1. The maximum Gasteiger partial charge on any atom is 0.330 e. The molecule has 188 valence electrons. The molecule has 1 unspecified atom stereocenters. The van der Waals surface area contributed by atoms with Crippen LogP contribution < -0.4 is 5.32 Å². The predicted molar refractivity (Wildman–Crippen MR) is 148 cm³/mol.